The van der Waals surface area contributed by atoms with E-state index in [1.807, 2.05) is 30.3 Å². The van der Waals surface area contributed by atoms with Gasteiger partial charge < -0.3 is 10.1 Å². The molecule has 2 fully saturated rings. The van der Waals surface area contributed by atoms with Crippen LogP contribution in [-0.2, 0) is 25.7 Å². The van der Waals surface area contributed by atoms with Gasteiger partial charge in [0.25, 0.3) is 11.8 Å². The number of ether oxygens (including phenoxy) is 1. The molecular weight excluding hydrogens is 364 g/mol. The van der Waals surface area contributed by atoms with Gasteiger partial charge in [-0.05, 0) is 17.9 Å². The van der Waals surface area contributed by atoms with Crippen LogP contribution >= 0.6 is 0 Å². The van der Waals surface area contributed by atoms with Crippen molar-refractivity contribution in [3.05, 3.63) is 48.0 Å². The lowest BCUT2D eigenvalue weighted by atomic mass is 9.71. The molecule has 2 bridgehead atoms. The first-order valence-corrected chi connectivity index (χ1v) is 9.18. The fraction of sp³-hybridized carbons (Fsp3) is 0.400. The molecule has 4 rings (SSSR count). The van der Waals surface area contributed by atoms with Crippen LogP contribution in [0.4, 0.5) is 4.79 Å². The minimum absolute atomic E-state index is 0.00756. The summed E-state index contributed by atoms with van der Waals surface area (Å²) in [4.78, 5) is 49.0. The predicted molar refractivity (Wildman–Crippen MR) is 94.6 cm³/mol. The van der Waals surface area contributed by atoms with Gasteiger partial charge in [-0.2, -0.15) is 5.06 Å². The summed E-state index contributed by atoms with van der Waals surface area (Å²) in [6, 6.07) is 9.21. The van der Waals surface area contributed by atoms with Gasteiger partial charge in [0.2, 0.25) is 0 Å². The van der Waals surface area contributed by atoms with E-state index in [0.717, 1.165) is 5.56 Å². The molecule has 0 spiro atoms. The molecule has 1 aromatic carbocycles. The summed E-state index contributed by atoms with van der Waals surface area (Å²) in [6.07, 6.45) is 3.25. The average molecular weight is 384 g/mol. The van der Waals surface area contributed by atoms with E-state index in [2.05, 4.69) is 5.32 Å². The second-order valence-electron chi connectivity index (χ2n) is 7.42. The third kappa shape index (κ3) is 2.80. The molecule has 3 aliphatic rings. The first-order chi connectivity index (χ1) is 13.4. The van der Waals surface area contributed by atoms with Crippen molar-refractivity contribution in [3.63, 3.8) is 0 Å². The van der Waals surface area contributed by atoms with Gasteiger partial charge in [0.1, 0.15) is 12.4 Å². The first kappa shape index (κ1) is 18.4. The Bertz CT molecular complexity index is 867. The minimum Gasteiger partial charge on any atom is -0.445 e. The number of fused-ring (bicyclic) bond motifs is 5. The number of allylic oxidation sites excluding steroid dienone is 2. The molecule has 1 aromatic rings. The fourth-order valence-electron chi connectivity index (χ4n) is 4.61. The van der Waals surface area contributed by atoms with Crippen molar-refractivity contribution in [1.82, 2.24) is 10.4 Å². The van der Waals surface area contributed by atoms with Gasteiger partial charge in [0, 0.05) is 13.0 Å². The lowest BCUT2D eigenvalue weighted by Crippen LogP contribution is -2.40. The lowest BCUT2D eigenvalue weighted by Gasteiger charge is -2.28. The second kappa shape index (κ2) is 6.87. The Hall–Kier alpha value is -3.00. The Labute approximate surface area is 161 Å². The third-order valence-electron chi connectivity index (χ3n) is 5.91. The van der Waals surface area contributed by atoms with Crippen molar-refractivity contribution in [2.75, 3.05) is 6.54 Å². The Balaban J connectivity index is 1.32. The number of ketones is 1. The predicted octanol–water partition coefficient (Wildman–Crippen LogP) is 1.44. The van der Waals surface area contributed by atoms with E-state index in [0.29, 0.717) is 6.42 Å². The molecule has 1 saturated carbocycles. The summed E-state index contributed by atoms with van der Waals surface area (Å²) in [6.45, 7) is 0.191. The molecule has 28 heavy (non-hydrogen) atoms. The summed E-state index contributed by atoms with van der Waals surface area (Å²) in [5.74, 6) is -3.32. The Morgan fingerprint density at radius 1 is 1.21 bits per heavy atom. The zero-order valence-corrected chi connectivity index (χ0v) is 15.0. The number of nitrogens with one attached hydrogen (secondary N) is 1. The largest absolute Gasteiger partial charge is 0.445 e. The molecule has 1 aliphatic heterocycles. The molecule has 146 valence electrons. The normalized spacial score (nSPS) is 29.9. The number of amides is 3. The van der Waals surface area contributed by atoms with E-state index in [9.17, 15) is 24.4 Å². The molecule has 4 unspecified atom stereocenters. The maximum atomic E-state index is 12.9. The van der Waals surface area contributed by atoms with E-state index in [-0.39, 0.29) is 36.3 Å². The van der Waals surface area contributed by atoms with E-state index < -0.39 is 35.2 Å². The quantitative estimate of drug-likeness (QED) is 0.436. The maximum Gasteiger partial charge on any atom is 0.407 e. The highest BCUT2D eigenvalue weighted by Crippen LogP contribution is 2.60. The number of hydrogen-bond acceptors (Lipinski definition) is 6. The molecule has 1 saturated heterocycles. The highest BCUT2D eigenvalue weighted by Gasteiger charge is 2.68. The number of benzene rings is 1. The smallest absolute Gasteiger partial charge is 0.407 e. The topological polar surface area (TPSA) is 113 Å². The van der Waals surface area contributed by atoms with Gasteiger partial charge in [-0.25, -0.2) is 4.79 Å². The van der Waals surface area contributed by atoms with Crippen LogP contribution in [0.5, 0.6) is 0 Å². The van der Waals surface area contributed by atoms with E-state index >= 15 is 0 Å². The molecule has 2 aliphatic carbocycles. The molecule has 4 atom stereocenters. The van der Waals surface area contributed by atoms with Gasteiger partial charge >= 0.3 is 6.09 Å². The first-order valence-electron chi connectivity index (χ1n) is 9.18. The third-order valence-corrected chi connectivity index (χ3v) is 5.91. The number of hydroxylamine groups is 2. The Morgan fingerprint density at radius 3 is 2.71 bits per heavy atom. The van der Waals surface area contributed by atoms with Crippen LogP contribution in [0.15, 0.2) is 42.5 Å². The number of imide groups is 1. The van der Waals surface area contributed by atoms with Crippen molar-refractivity contribution in [1.29, 1.82) is 0 Å². The lowest BCUT2D eigenvalue weighted by molar-refractivity contribution is -0.174. The standard InChI is InChI=1S/C20H20N2O6/c23-14(7-9-21-19(26)28-11-12-4-2-1-3-5-12)20-8-6-13(10-20)15-16(20)18(25)22(27)17(15)24/h1-6,8,13,15-16,27H,7,9-11H2,(H,21,26). The van der Waals surface area contributed by atoms with E-state index in [1.54, 1.807) is 12.2 Å². The van der Waals surface area contributed by atoms with Crippen LogP contribution in [0.2, 0.25) is 0 Å². The van der Waals surface area contributed by atoms with Crippen LogP contribution < -0.4 is 5.32 Å². The summed E-state index contributed by atoms with van der Waals surface area (Å²) >= 11 is 0. The van der Waals surface area contributed by atoms with Crippen molar-refractivity contribution in [2.45, 2.75) is 19.4 Å². The molecular formula is C20H20N2O6. The van der Waals surface area contributed by atoms with Crippen molar-refractivity contribution < 1.29 is 29.1 Å². The van der Waals surface area contributed by atoms with Crippen molar-refractivity contribution in [3.8, 4) is 0 Å². The fourth-order valence-corrected chi connectivity index (χ4v) is 4.61. The van der Waals surface area contributed by atoms with Crippen LogP contribution in [-0.4, -0.2) is 40.5 Å². The number of carbonyl (C=O) groups excluding carboxylic acids is 4. The number of alkyl carbamates (subject to hydrolysis) is 1. The molecule has 0 radical (unpaired) electrons. The monoisotopic (exact) mass is 384 g/mol. The highest BCUT2D eigenvalue weighted by atomic mass is 16.5. The molecule has 1 heterocycles. The summed E-state index contributed by atoms with van der Waals surface area (Å²) < 4.78 is 5.10. The van der Waals surface area contributed by atoms with Crippen LogP contribution in [0.25, 0.3) is 0 Å². The molecule has 8 heteroatoms. The van der Waals surface area contributed by atoms with Crippen LogP contribution in [0.3, 0.4) is 0 Å². The van der Waals surface area contributed by atoms with E-state index in [1.165, 1.54) is 0 Å². The molecule has 8 nitrogen and oxygen atoms in total. The molecule has 0 aromatic heterocycles. The van der Waals surface area contributed by atoms with Gasteiger partial charge in [-0.15, -0.1) is 0 Å². The number of nitrogens with zero attached hydrogens (tertiary/aromatic N) is 1. The minimum atomic E-state index is -1.07. The van der Waals surface area contributed by atoms with Crippen LogP contribution in [0.1, 0.15) is 18.4 Å². The summed E-state index contributed by atoms with van der Waals surface area (Å²) in [7, 11) is 0. The highest BCUT2D eigenvalue weighted by molar-refractivity contribution is 6.09. The van der Waals surface area contributed by atoms with Crippen LogP contribution in [0, 0.1) is 23.2 Å². The maximum absolute atomic E-state index is 12.9. The zero-order valence-electron chi connectivity index (χ0n) is 15.0. The Morgan fingerprint density at radius 2 is 1.96 bits per heavy atom. The van der Waals surface area contributed by atoms with Gasteiger partial charge in [0.15, 0.2) is 0 Å². The summed E-state index contributed by atoms with van der Waals surface area (Å²) in [5.41, 5.74) is -0.223. The van der Waals surface area contributed by atoms with Gasteiger partial charge in [0.05, 0.1) is 17.3 Å². The average Bonchev–Trinajstić information content (AvgIpc) is 3.35. The second-order valence-corrected chi connectivity index (χ2v) is 7.42. The van der Waals surface area contributed by atoms with Gasteiger partial charge in [-0.1, -0.05) is 42.5 Å². The SMILES string of the molecule is O=C(NCCC(=O)C12C=CC(C1)C1C(=O)N(O)C(=O)C12)OCc1ccccc1. The zero-order chi connectivity index (χ0) is 19.9. The number of rotatable bonds is 6. The number of Topliss-reactive ketones (excluding diaryl/α,β-unsaturated/α-hetero) is 1. The summed E-state index contributed by atoms with van der Waals surface area (Å²) in [5, 5.41) is 12.3. The van der Waals surface area contributed by atoms with Gasteiger partial charge in [-0.3, -0.25) is 19.6 Å². The molecule has 3 amide bonds. The Kier molecular flexibility index (Phi) is 4.50. The number of hydrogen-bond donors (Lipinski definition) is 2. The van der Waals surface area contributed by atoms with Crippen molar-refractivity contribution in [2.24, 2.45) is 23.2 Å². The van der Waals surface area contributed by atoms with E-state index in [4.69, 9.17) is 4.74 Å². The molecule has 2 N–H and O–H groups in total. The number of carbonyl (C=O) groups is 4. The van der Waals surface area contributed by atoms with Crippen molar-refractivity contribution >= 4 is 23.7 Å².